The molecule has 3 nitrogen and oxygen atoms in total. The lowest BCUT2D eigenvalue weighted by Crippen LogP contribution is -2.14. The number of hydrogen-bond acceptors (Lipinski definition) is 3. The number of ketones is 1. The lowest BCUT2D eigenvalue weighted by atomic mass is 9.88. The van der Waals surface area contributed by atoms with Crippen LogP contribution in [0.25, 0.3) is 0 Å². The van der Waals surface area contributed by atoms with Crippen molar-refractivity contribution in [2.45, 2.75) is 65.2 Å². The Morgan fingerprint density at radius 1 is 1.05 bits per heavy atom. The summed E-state index contributed by atoms with van der Waals surface area (Å²) in [5, 5.41) is 8.72. The van der Waals surface area contributed by atoms with Crippen LogP contribution in [0.1, 0.15) is 74.5 Å². The summed E-state index contributed by atoms with van der Waals surface area (Å²) in [6, 6.07) is 1.95. The highest BCUT2D eigenvalue weighted by atomic mass is 32.1. The molecule has 0 atom stereocenters. The van der Waals surface area contributed by atoms with E-state index in [9.17, 15) is 9.59 Å². The molecule has 1 aromatic rings. The molecule has 4 heteroatoms. The fraction of sp³-hybridized carbons (Fsp3) is 0.625. The Bertz CT molecular complexity index is 513. The van der Waals surface area contributed by atoms with Gasteiger partial charge in [0.05, 0.1) is 6.42 Å². The molecule has 0 saturated heterocycles. The predicted molar refractivity (Wildman–Crippen MR) is 82.9 cm³/mol. The first-order chi connectivity index (χ1) is 8.93. The summed E-state index contributed by atoms with van der Waals surface area (Å²) in [6.07, 6.45) is -0.0398. The van der Waals surface area contributed by atoms with Crippen LogP contribution >= 0.6 is 11.3 Å². The van der Waals surface area contributed by atoms with Gasteiger partial charge < -0.3 is 5.11 Å². The average Bonchev–Trinajstić information content (AvgIpc) is 2.69. The Labute approximate surface area is 125 Å². The molecular weight excluding hydrogens is 272 g/mol. The summed E-state index contributed by atoms with van der Waals surface area (Å²) >= 11 is 1.67. The van der Waals surface area contributed by atoms with Crippen molar-refractivity contribution < 1.29 is 14.7 Å². The van der Waals surface area contributed by atoms with Crippen LogP contribution in [0.3, 0.4) is 0 Å². The van der Waals surface area contributed by atoms with E-state index < -0.39 is 5.97 Å². The Balaban J connectivity index is 3.20. The zero-order valence-corrected chi connectivity index (χ0v) is 14.0. The van der Waals surface area contributed by atoms with Crippen LogP contribution < -0.4 is 0 Å². The molecule has 0 saturated carbocycles. The molecule has 0 spiro atoms. The van der Waals surface area contributed by atoms with Crippen molar-refractivity contribution in [2.24, 2.45) is 0 Å². The maximum atomic E-state index is 12.3. The molecule has 1 rings (SSSR count). The van der Waals surface area contributed by atoms with Crippen molar-refractivity contribution in [3.63, 3.8) is 0 Å². The van der Waals surface area contributed by atoms with Gasteiger partial charge in [0.2, 0.25) is 0 Å². The number of carboxylic acids is 1. The first-order valence-electron chi connectivity index (χ1n) is 6.82. The van der Waals surface area contributed by atoms with Crippen molar-refractivity contribution in [1.82, 2.24) is 0 Å². The molecule has 0 aliphatic heterocycles. The van der Waals surface area contributed by atoms with E-state index in [1.165, 1.54) is 4.88 Å². The summed E-state index contributed by atoms with van der Waals surface area (Å²) in [5.41, 5.74) is 0.590. The first-order valence-corrected chi connectivity index (χ1v) is 7.64. The molecule has 1 aromatic heterocycles. The molecule has 0 aliphatic carbocycles. The molecule has 0 amide bonds. The first kappa shape index (κ1) is 16.9. The molecule has 1 N–H and O–H groups in total. The lowest BCUT2D eigenvalue weighted by Gasteiger charge is -2.19. The Kier molecular flexibility index (Phi) is 4.80. The highest BCUT2D eigenvalue weighted by molar-refractivity contribution is 7.12. The van der Waals surface area contributed by atoms with Crippen molar-refractivity contribution in [3.8, 4) is 0 Å². The van der Waals surface area contributed by atoms with E-state index >= 15 is 0 Å². The second kappa shape index (κ2) is 5.68. The third-order valence-corrected chi connectivity index (χ3v) is 5.01. The Morgan fingerprint density at radius 3 is 2.00 bits per heavy atom. The van der Waals surface area contributed by atoms with Gasteiger partial charge in [-0.1, -0.05) is 41.5 Å². The number of carbonyl (C=O) groups excluding carboxylic acids is 1. The van der Waals surface area contributed by atoms with Crippen molar-refractivity contribution in [1.29, 1.82) is 0 Å². The Hall–Kier alpha value is -1.16. The molecule has 112 valence electrons. The van der Waals surface area contributed by atoms with E-state index in [4.69, 9.17) is 5.11 Å². The van der Waals surface area contributed by atoms with Gasteiger partial charge >= 0.3 is 5.97 Å². The van der Waals surface area contributed by atoms with Gasteiger partial charge in [0, 0.05) is 21.7 Å². The average molecular weight is 296 g/mol. The summed E-state index contributed by atoms with van der Waals surface area (Å²) in [4.78, 5) is 25.2. The van der Waals surface area contributed by atoms with Gasteiger partial charge in [0.25, 0.3) is 0 Å². The molecule has 0 radical (unpaired) electrons. The normalized spacial score (nSPS) is 12.5. The fourth-order valence-electron chi connectivity index (χ4n) is 1.88. The molecule has 0 aromatic carbocycles. The molecular formula is C16H24O3S. The number of carboxylic acid groups (broad SMARTS) is 1. The van der Waals surface area contributed by atoms with Crippen LogP contribution in [0.15, 0.2) is 6.07 Å². The van der Waals surface area contributed by atoms with Crippen LogP contribution in [0.2, 0.25) is 0 Å². The topological polar surface area (TPSA) is 54.4 Å². The summed E-state index contributed by atoms with van der Waals surface area (Å²) in [5.74, 6) is -0.994. The SMILES string of the molecule is CC(C)(C)c1cc(C(=O)CCC(=O)O)c(C(C)(C)C)s1. The largest absolute Gasteiger partial charge is 0.481 e. The van der Waals surface area contributed by atoms with E-state index in [1.807, 2.05) is 6.07 Å². The number of aliphatic carboxylic acids is 1. The molecule has 20 heavy (non-hydrogen) atoms. The molecule has 0 unspecified atom stereocenters. The molecule has 0 fully saturated rings. The van der Waals surface area contributed by atoms with E-state index in [0.717, 1.165) is 4.88 Å². The van der Waals surface area contributed by atoms with Gasteiger partial charge in [-0.3, -0.25) is 9.59 Å². The van der Waals surface area contributed by atoms with E-state index in [2.05, 4.69) is 41.5 Å². The Morgan fingerprint density at radius 2 is 1.60 bits per heavy atom. The van der Waals surface area contributed by atoms with E-state index in [-0.39, 0.29) is 29.5 Å². The van der Waals surface area contributed by atoms with Crippen LogP contribution in [-0.4, -0.2) is 16.9 Å². The quantitative estimate of drug-likeness (QED) is 0.838. The highest BCUT2D eigenvalue weighted by Gasteiger charge is 2.28. The van der Waals surface area contributed by atoms with Gasteiger partial charge in [0.15, 0.2) is 5.78 Å². The van der Waals surface area contributed by atoms with Crippen molar-refractivity contribution in [3.05, 3.63) is 21.4 Å². The predicted octanol–water partition coefficient (Wildman–Crippen LogP) is 4.39. The van der Waals surface area contributed by atoms with Gasteiger partial charge in [0.1, 0.15) is 0 Å². The van der Waals surface area contributed by atoms with E-state index in [1.54, 1.807) is 11.3 Å². The van der Waals surface area contributed by atoms with Crippen LogP contribution in [0, 0.1) is 0 Å². The van der Waals surface area contributed by atoms with Crippen LogP contribution in [0.5, 0.6) is 0 Å². The molecule has 0 bridgehead atoms. The second-order valence-electron chi connectivity index (χ2n) is 7.17. The molecule has 1 heterocycles. The number of thiophene rings is 1. The third kappa shape index (κ3) is 4.17. The maximum absolute atomic E-state index is 12.3. The van der Waals surface area contributed by atoms with Gasteiger partial charge in [-0.2, -0.15) is 0 Å². The van der Waals surface area contributed by atoms with Crippen LogP contribution in [-0.2, 0) is 15.6 Å². The zero-order chi connectivity index (χ0) is 15.7. The van der Waals surface area contributed by atoms with Crippen LogP contribution in [0.4, 0.5) is 0 Å². The van der Waals surface area contributed by atoms with Gasteiger partial charge in [-0.15, -0.1) is 11.3 Å². The minimum atomic E-state index is -0.929. The lowest BCUT2D eigenvalue weighted by molar-refractivity contribution is -0.136. The summed E-state index contributed by atoms with van der Waals surface area (Å²) < 4.78 is 0. The zero-order valence-electron chi connectivity index (χ0n) is 13.2. The maximum Gasteiger partial charge on any atom is 0.303 e. The monoisotopic (exact) mass is 296 g/mol. The van der Waals surface area contributed by atoms with Crippen molar-refractivity contribution in [2.75, 3.05) is 0 Å². The highest BCUT2D eigenvalue weighted by Crippen LogP contribution is 2.39. The number of rotatable bonds is 4. The number of hydrogen-bond donors (Lipinski definition) is 1. The standard InChI is InChI=1S/C16H24O3S/c1-15(2,3)12-9-10(11(17)7-8-13(18)19)14(20-12)16(4,5)6/h9H,7-8H2,1-6H3,(H,18,19). The third-order valence-electron chi connectivity index (χ3n) is 3.02. The minimum Gasteiger partial charge on any atom is -0.481 e. The minimum absolute atomic E-state index is 0.00397. The van der Waals surface area contributed by atoms with Gasteiger partial charge in [-0.25, -0.2) is 0 Å². The number of carbonyl (C=O) groups is 2. The molecule has 0 aliphatic rings. The summed E-state index contributed by atoms with van der Waals surface area (Å²) in [6.45, 7) is 12.6. The number of Topliss-reactive ketones (excluding diaryl/α,β-unsaturated/α-hetero) is 1. The van der Waals surface area contributed by atoms with E-state index in [0.29, 0.717) is 5.56 Å². The van der Waals surface area contributed by atoms with Crippen molar-refractivity contribution >= 4 is 23.1 Å². The summed E-state index contributed by atoms with van der Waals surface area (Å²) in [7, 11) is 0. The van der Waals surface area contributed by atoms with Gasteiger partial charge in [-0.05, 0) is 16.9 Å². The smallest absolute Gasteiger partial charge is 0.303 e. The second-order valence-corrected chi connectivity index (χ2v) is 8.22. The fourth-order valence-corrected chi connectivity index (χ4v) is 3.17.